The van der Waals surface area contributed by atoms with Crippen molar-refractivity contribution in [3.8, 4) is 11.4 Å². The molecule has 4 fully saturated rings. The maximum Gasteiger partial charge on any atom is 0.226 e. The van der Waals surface area contributed by atoms with Crippen LogP contribution in [-0.4, -0.2) is 48.0 Å². The summed E-state index contributed by atoms with van der Waals surface area (Å²) in [6, 6.07) is 7.42. The second-order valence-corrected chi connectivity index (χ2v) is 11.6. The van der Waals surface area contributed by atoms with Gasteiger partial charge in [0.2, 0.25) is 11.8 Å². The molecule has 0 radical (unpaired) electrons. The Kier molecular flexibility index (Phi) is 7.56. The molecule has 1 aromatic carbocycles. The van der Waals surface area contributed by atoms with Gasteiger partial charge in [-0.2, -0.15) is 0 Å². The van der Waals surface area contributed by atoms with Crippen LogP contribution in [-0.2, 0) is 9.59 Å². The van der Waals surface area contributed by atoms with Crippen molar-refractivity contribution >= 4 is 35.1 Å². The molecule has 0 unspecified atom stereocenters. The van der Waals surface area contributed by atoms with Gasteiger partial charge in [0.15, 0.2) is 5.82 Å². The van der Waals surface area contributed by atoms with Crippen LogP contribution in [0.25, 0.3) is 11.4 Å². The van der Waals surface area contributed by atoms with Crippen LogP contribution in [0.2, 0.25) is 5.02 Å². The monoisotopic (exact) mass is 524 g/mol. The summed E-state index contributed by atoms with van der Waals surface area (Å²) >= 11 is 6.07. The highest BCUT2D eigenvalue weighted by molar-refractivity contribution is 6.30. The van der Waals surface area contributed by atoms with Gasteiger partial charge in [0.1, 0.15) is 11.6 Å². The Morgan fingerprint density at radius 1 is 0.865 bits per heavy atom. The number of benzene rings is 1. The number of amides is 2. The Labute approximate surface area is 223 Å². The highest BCUT2D eigenvalue weighted by Crippen LogP contribution is 2.60. The van der Waals surface area contributed by atoms with Gasteiger partial charge in [-0.15, -0.1) is 0 Å². The van der Waals surface area contributed by atoms with E-state index >= 15 is 0 Å². The maximum absolute atomic E-state index is 13.3. The number of halogens is 1. The van der Waals surface area contributed by atoms with Crippen molar-refractivity contribution < 1.29 is 9.59 Å². The molecule has 8 nitrogen and oxygen atoms in total. The first-order valence-electron chi connectivity index (χ1n) is 13.5. The number of rotatable bonds is 10. The second-order valence-electron chi connectivity index (χ2n) is 11.2. The molecule has 4 bridgehead atoms. The van der Waals surface area contributed by atoms with Crippen LogP contribution in [0.4, 0.5) is 11.6 Å². The van der Waals surface area contributed by atoms with Crippen LogP contribution in [0.3, 0.4) is 0 Å². The molecule has 0 saturated heterocycles. The molecule has 4 aliphatic carbocycles. The normalized spacial score (nSPS) is 25.5. The van der Waals surface area contributed by atoms with Gasteiger partial charge in [-0.3, -0.25) is 9.59 Å². The van der Waals surface area contributed by atoms with Crippen LogP contribution in [0, 0.1) is 30.1 Å². The lowest BCUT2D eigenvalue weighted by Gasteiger charge is -2.55. The first kappa shape index (κ1) is 25.8. The minimum atomic E-state index is -0.133. The third kappa shape index (κ3) is 5.84. The molecule has 1 heterocycles. The molecule has 1 aromatic heterocycles. The van der Waals surface area contributed by atoms with E-state index in [0.717, 1.165) is 48.1 Å². The summed E-state index contributed by atoms with van der Waals surface area (Å²) < 4.78 is 0. The van der Waals surface area contributed by atoms with Gasteiger partial charge in [0, 0.05) is 54.7 Å². The molecule has 9 heteroatoms. The molecular weight excluding hydrogens is 488 g/mol. The van der Waals surface area contributed by atoms with E-state index in [1.165, 1.54) is 26.2 Å². The van der Waals surface area contributed by atoms with E-state index in [4.69, 9.17) is 21.6 Å². The Morgan fingerprint density at radius 2 is 1.38 bits per heavy atom. The largest absolute Gasteiger partial charge is 0.368 e. The highest BCUT2D eigenvalue weighted by atomic mass is 35.5. The molecule has 4 saturated carbocycles. The highest BCUT2D eigenvalue weighted by Gasteiger charge is 2.54. The Balaban J connectivity index is 1.23. The number of anilines is 2. The SMILES string of the molecule is CC(=O)NCCNc1nc(-c2ccc(Cl)cc2)nc(NCCNC(=O)C23CC4CC(CC(C4)C2)C3)c1C. The van der Waals surface area contributed by atoms with E-state index in [9.17, 15) is 9.59 Å². The fraction of sp³-hybridized carbons (Fsp3) is 0.571. The van der Waals surface area contributed by atoms with Crippen molar-refractivity contribution in [2.75, 3.05) is 36.8 Å². The standard InChI is InChI=1S/C28H37ClN6O2/c1-17-24(31-8-7-30-18(2)36)34-26(22-3-5-23(29)6-4-22)35-25(17)32-9-10-33-27(37)28-14-19-11-20(15-28)13-21(12-19)16-28/h3-6,19-21H,7-16H2,1-2H3,(H,30,36)(H,33,37)(H2,31,32,34,35). The Bertz CT molecular complexity index is 1120. The topological polar surface area (TPSA) is 108 Å². The minimum Gasteiger partial charge on any atom is -0.368 e. The molecular formula is C28H37ClN6O2. The van der Waals surface area contributed by atoms with Gasteiger partial charge in [0.25, 0.3) is 0 Å². The van der Waals surface area contributed by atoms with E-state index in [0.29, 0.717) is 48.7 Å². The summed E-state index contributed by atoms with van der Waals surface area (Å²) in [6.07, 6.45) is 7.21. The van der Waals surface area contributed by atoms with Crippen molar-refractivity contribution in [3.63, 3.8) is 0 Å². The Hall–Kier alpha value is -2.87. The first-order chi connectivity index (χ1) is 17.8. The van der Waals surface area contributed by atoms with Gasteiger partial charge >= 0.3 is 0 Å². The maximum atomic E-state index is 13.3. The third-order valence-electron chi connectivity index (χ3n) is 8.26. The van der Waals surface area contributed by atoms with Crippen molar-refractivity contribution in [1.82, 2.24) is 20.6 Å². The fourth-order valence-electron chi connectivity index (χ4n) is 6.94. The van der Waals surface area contributed by atoms with E-state index in [1.54, 1.807) is 0 Å². The molecule has 0 aliphatic heterocycles. The quantitative estimate of drug-likeness (QED) is 0.343. The van der Waals surface area contributed by atoms with Crippen LogP contribution < -0.4 is 21.3 Å². The minimum absolute atomic E-state index is 0.0685. The Morgan fingerprint density at radius 3 is 1.89 bits per heavy atom. The first-order valence-corrected chi connectivity index (χ1v) is 13.8. The number of carbonyl (C=O) groups is 2. The van der Waals surface area contributed by atoms with Gasteiger partial charge in [-0.05, 0) is 87.5 Å². The molecule has 2 amide bonds. The van der Waals surface area contributed by atoms with Crippen LogP contribution in [0.1, 0.15) is 51.0 Å². The van der Waals surface area contributed by atoms with E-state index in [2.05, 4.69) is 21.3 Å². The summed E-state index contributed by atoms with van der Waals surface area (Å²) in [5.74, 6) is 4.42. The molecule has 6 rings (SSSR count). The number of nitrogens with zero attached hydrogens (tertiary/aromatic N) is 2. The molecule has 198 valence electrons. The van der Waals surface area contributed by atoms with Gasteiger partial charge in [0.05, 0.1) is 0 Å². The summed E-state index contributed by atoms with van der Waals surface area (Å²) in [7, 11) is 0. The van der Waals surface area contributed by atoms with Crippen molar-refractivity contribution in [1.29, 1.82) is 0 Å². The van der Waals surface area contributed by atoms with Gasteiger partial charge in [-0.1, -0.05) is 11.6 Å². The molecule has 37 heavy (non-hydrogen) atoms. The zero-order valence-electron chi connectivity index (χ0n) is 21.7. The lowest BCUT2D eigenvalue weighted by molar-refractivity contribution is -0.146. The number of carbonyl (C=O) groups excluding carboxylic acids is 2. The number of nitrogens with one attached hydrogen (secondary N) is 4. The summed E-state index contributed by atoms with van der Waals surface area (Å²) in [6.45, 7) is 5.61. The number of hydrogen-bond acceptors (Lipinski definition) is 6. The molecule has 0 atom stereocenters. The van der Waals surface area contributed by atoms with Crippen LogP contribution >= 0.6 is 11.6 Å². The van der Waals surface area contributed by atoms with E-state index < -0.39 is 0 Å². The van der Waals surface area contributed by atoms with Crippen molar-refractivity contribution in [3.05, 3.63) is 34.9 Å². The summed E-state index contributed by atoms with van der Waals surface area (Å²) in [5.41, 5.74) is 1.60. The number of hydrogen-bond donors (Lipinski definition) is 4. The summed E-state index contributed by atoms with van der Waals surface area (Å²) in [5, 5.41) is 13.4. The second kappa shape index (κ2) is 10.9. The van der Waals surface area contributed by atoms with Crippen molar-refractivity contribution in [2.24, 2.45) is 23.2 Å². The van der Waals surface area contributed by atoms with Crippen molar-refractivity contribution in [2.45, 2.75) is 52.4 Å². The lowest BCUT2D eigenvalue weighted by Crippen LogP contribution is -2.54. The molecule has 4 N–H and O–H groups in total. The van der Waals surface area contributed by atoms with Crippen LogP contribution in [0.15, 0.2) is 24.3 Å². The van der Waals surface area contributed by atoms with E-state index in [1.807, 2.05) is 31.2 Å². The van der Waals surface area contributed by atoms with E-state index in [-0.39, 0.29) is 17.2 Å². The number of aromatic nitrogens is 2. The molecule has 0 spiro atoms. The predicted octanol–water partition coefficient (Wildman–Crippen LogP) is 4.40. The van der Waals surface area contributed by atoms with Crippen LogP contribution in [0.5, 0.6) is 0 Å². The zero-order valence-corrected chi connectivity index (χ0v) is 22.5. The smallest absolute Gasteiger partial charge is 0.226 e. The average molecular weight is 525 g/mol. The zero-order chi connectivity index (χ0) is 26.0. The van der Waals surface area contributed by atoms with Gasteiger partial charge in [-0.25, -0.2) is 9.97 Å². The summed E-state index contributed by atoms with van der Waals surface area (Å²) in [4.78, 5) is 34.0. The predicted molar refractivity (Wildman–Crippen MR) is 146 cm³/mol. The van der Waals surface area contributed by atoms with Gasteiger partial charge < -0.3 is 21.3 Å². The molecule has 2 aromatic rings. The fourth-order valence-corrected chi connectivity index (χ4v) is 7.07. The lowest BCUT2D eigenvalue weighted by atomic mass is 9.49. The third-order valence-corrected chi connectivity index (χ3v) is 8.51. The molecule has 4 aliphatic rings. The average Bonchev–Trinajstić information content (AvgIpc) is 2.85.